The maximum atomic E-state index is 5.63. The predicted molar refractivity (Wildman–Crippen MR) is 61.2 cm³/mol. The predicted octanol–water partition coefficient (Wildman–Crippen LogP) is 2.04. The minimum atomic E-state index is 0.386. The summed E-state index contributed by atoms with van der Waals surface area (Å²) in [5, 5.41) is 7.70. The number of benzene rings is 1. The molecule has 0 bridgehead atoms. The molecule has 1 heterocycles. The highest BCUT2D eigenvalue weighted by molar-refractivity contribution is 5.33. The molecule has 0 fully saturated rings. The maximum Gasteiger partial charge on any atom is 0.243 e. The van der Waals surface area contributed by atoms with Crippen LogP contribution in [0.25, 0.3) is 0 Å². The molecule has 4 heteroatoms. The molecule has 1 aromatic heterocycles. The lowest BCUT2D eigenvalue weighted by atomic mass is 10.2. The van der Waals surface area contributed by atoms with E-state index in [1.54, 1.807) is 12.3 Å². The number of nitrogens with two attached hydrogens (primary N) is 1. The van der Waals surface area contributed by atoms with Crippen molar-refractivity contribution in [2.75, 3.05) is 0 Å². The van der Waals surface area contributed by atoms with Gasteiger partial charge in [-0.3, -0.25) is 0 Å². The molecule has 2 aromatic rings. The van der Waals surface area contributed by atoms with Gasteiger partial charge in [-0.15, -0.1) is 5.10 Å². The summed E-state index contributed by atoms with van der Waals surface area (Å²) in [5.74, 6) is 1.21. The summed E-state index contributed by atoms with van der Waals surface area (Å²) < 4.78 is 5.63. The monoisotopic (exact) mass is 215 g/mol. The summed E-state index contributed by atoms with van der Waals surface area (Å²) in [7, 11) is 0. The number of hydrogen-bond donors (Lipinski definition) is 1. The van der Waals surface area contributed by atoms with Gasteiger partial charge in [0, 0.05) is 12.1 Å². The second kappa shape index (κ2) is 4.72. The van der Waals surface area contributed by atoms with Crippen molar-refractivity contribution >= 4 is 0 Å². The Morgan fingerprint density at radius 2 is 2.19 bits per heavy atom. The van der Waals surface area contributed by atoms with Gasteiger partial charge in [0.25, 0.3) is 0 Å². The molecule has 16 heavy (non-hydrogen) atoms. The smallest absolute Gasteiger partial charge is 0.243 e. The first-order valence-corrected chi connectivity index (χ1v) is 5.05. The van der Waals surface area contributed by atoms with Crippen molar-refractivity contribution in [3.63, 3.8) is 0 Å². The molecule has 0 aliphatic rings. The zero-order chi connectivity index (χ0) is 11.4. The van der Waals surface area contributed by atoms with E-state index < -0.39 is 0 Å². The molecular formula is C12H13N3O. The first kappa shape index (κ1) is 10.6. The van der Waals surface area contributed by atoms with E-state index >= 15 is 0 Å². The maximum absolute atomic E-state index is 5.63. The molecule has 82 valence electrons. The Balaban J connectivity index is 2.26. The van der Waals surface area contributed by atoms with Gasteiger partial charge in [0.1, 0.15) is 5.75 Å². The third kappa shape index (κ3) is 2.35. The van der Waals surface area contributed by atoms with Gasteiger partial charge in [0.05, 0.1) is 6.20 Å². The third-order valence-electron chi connectivity index (χ3n) is 2.19. The highest BCUT2D eigenvalue weighted by Crippen LogP contribution is 2.22. The standard InChI is InChI=1S/C12H13N3O/c1-9-3-2-4-11(7-9)16-12-10(8-13)5-6-14-15-12/h2-7H,8,13H2,1H3. The average Bonchev–Trinajstić information content (AvgIpc) is 2.30. The Morgan fingerprint density at radius 1 is 1.31 bits per heavy atom. The van der Waals surface area contributed by atoms with Crippen molar-refractivity contribution in [2.45, 2.75) is 13.5 Å². The lowest BCUT2D eigenvalue weighted by Gasteiger charge is -2.07. The zero-order valence-electron chi connectivity index (χ0n) is 9.05. The van der Waals surface area contributed by atoms with E-state index in [2.05, 4.69) is 10.2 Å². The minimum absolute atomic E-state index is 0.386. The highest BCUT2D eigenvalue weighted by Gasteiger charge is 2.04. The average molecular weight is 215 g/mol. The fourth-order valence-corrected chi connectivity index (χ4v) is 1.38. The molecule has 0 aliphatic heterocycles. The van der Waals surface area contributed by atoms with Crippen LogP contribution in [0.3, 0.4) is 0 Å². The second-order valence-electron chi connectivity index (χ2n) is 3.48. The molecule has 0 spiro atoms. The summed E-state index contributed by atoms with van der Waals surface area (Å²) in [4.78, 5) is 0. The highest BCUT2D eigenvalue weighted by atomic mass is 16.5. The van der Waals surface area contributed by atoms with Crippen molar-refractivity contribution < 1.29 is 4.74 Å². The van der Waals surface area contributed by atoms with E-state index in [4.69, 9.17) is 10.5 Å². The summed E-state index contributed by atoms with van der Waals surface area (Å²) in [5.41, 5.74) is 7.57. The number of aryl methyl sites for hydroxylation is 1. The molecule has 2 rings (SSSR count). The van der Waals surface area contributed by atoms with E-state index in [9.17, 15) is 0 Å². The quantitative estimate of drug-likeness (QED) is 0.851. The molecule has 1 aromatic carbocycles. The fourth-order valence-electron chi connectivity index (χ4n) is 1.38. The van der Waals surface area contributed by atoms with Gasteiger partial charge in [0.15, 0.2) is 0 Å². The van der Waals surface area contributed by atoms with Gasteiger partial charge < -0.3 is 10.5 Å². The van der Waals surface area contributed by atoms with Crippen LogP contribution in [0.2, 0.25) is 0 Å². The van der Waals surface area contributed by atoms with Crippen molar-refractivity contribution in [1.82, 2.24) is 10.2 Å². The van der Waals surface area contributed by atoms with Crippen LogP contribution >= 0.6 is 0 Å². The van der Waals surface area contributed by atoms with Crippen molar-refractivity contribution in [1.29, 1.82) is 0 Å². The van der Waals surface area contributed by atoms with Crippen LogP contribution in [0.1, 0.15) is 11.1 Å². The van der Waals surface area contributed by atoms with E-state index in [1.807, 2.05) is 31.2 Å². The summed E-state index contributed by atoms with van der Waals surface area (Å²) >= 11 is 0. The Kier molecular flexibility index (Phi) is 3.12. The van der Waals surface area contributed by atoms with Crippen LogP contribution in [0.4, 0.5) is 0 Å². The van der Waals surface area contributed by atoms with Gasteiger partial charge >= 0.3 is 0 Å². The Labute approximate surface area is 94.1 Å². The summed E-state index contributed by atoms with van der Waals surface area (Å²) in [6.45, 7) is 2.39. The Morgan fingerprint density at radius 3 is 2.94 bits per heavy atom. The van der Waals surface area contributed by atoms with Crippen molar-refractivity contribution in [2.24, 2.45) is 5.73 Å². The molecule has 0 aliphatic carbocycles. The first-order chi connectivity index (χ1) is 7.79. The van der Waals surface area contributed by atoms with E-state index in [0.717, 1.165) is 16.9 Å². The van der Waals surface area contributed by atoms with Gasteiger partial charge in [-0.1, -0.05) is 12.1 Å². The number of ether oxygens (including phenoxy) is 1. The number of aromatic nitrogens is 2. The number of hydrogen-bond acceptors (Lipinski definition) is 4. The van der Waals surface area contributed by atoms with Gasteiger partial charge in [-0.05, 0) is 30.7 Å². The molecule has 0 atom stereocenters. The lowest BCUT2D eigenvalue weighted by molar-refractivity contribution is 0.448. The van der Waals surface area contributed by atoms with E-state index in [-0.39, 0.29) is 0 Å². The van der Waals surface area contributed by atoms with Crippen LogP contribution in [-0.2, 0) is 6.54 Å². The largest absolute Gasteiger partial charge is 0.437 e. The summed E-state index contributed by atoms with van der Waals surface area (Å²) in [6, 6.07) is 9.56. The fraction of sp³-hybridized carbons (Fsp3) is 0.167. The van der Waals surface area contributed by atoms with Crippen molar-refractivity contribution in [3.8, 4) is 11.6 Å². The SMILES string of the molecule is Cc1cccc(Oc2nnccc2CN)c1. The number of rotatable bonds is 3. The van der Waals surface area contributed by atoms with Gasteiger partial charge in [-0.2, -0.15) is 5.10 Å². The minimum Gasteiger partial charge on any atom is -0.437 e. The van der Waals surface area contributed by atoms with Crippen LogP contribution in [0, 0.1) is 6.92 Å². The van der Waals surface area contributed by atoms with Crippen LogP contribution in [-0.4, -0.2) is 10.2 Å². The van der Waals surface area contributed by atoms with Crippen LogP contribution in [0.5, 0.6) is 11.6 Å². The topological polar surface area (TPSA) is 61.0 Å². The Bertz CT molecular complexity index is 485. The third-order valence-corrected chi connectivity index (χ3v) is 2.19. The van der Waals surface area contributed by atoms with Crippen LogP contribution in [0.15, 0.2) is 36.5 Å². The van der Waals surface area contributed by atoms with Crippen molar-refractivity contribution in [3.05, 3.63) is 47.7 Å². The normalized spacial score (nSPS) is 10.1. The molecule has 0 saturated carbocycles. The molecule has 2 N–H and O–H groups in total. The zero-order valence-corrected chi connectivity index (χ0v) is 9.05. The van der Waals surface area contributed by atoms with Gasteiger partial charge in [-0.25, -0.2) is 0 Å². The molecule has 4 nitrogen and oxygen atoms in total. The molecular weight excluding hydrogens is 202 g/mol. The lowest BCUT2D eigenvalue weighted by Crippen LogP contribution is -2.02. The molecule has 0 radical (unpaired) electrons. The molecule has 0 saturated heterocycles. The number of nitrogens with zero attached hydrogens (tertiary/aromatic N) is 2. The van der Waals surface area contributed by atoms with E-state index in [0.29, 0.717) is 12.4 Å². The second-order valence-corrected chi connectivity index (χ2v) is 3.48. The summed E-state index contributed by atoms with van der Waals surface area (Å²) in [6.07, 6.45) is 1.60. The molecule has 0 amide bonds. The van der Waals surface area contributed by atoms with Crippen LogP contribution < -0.4 is 10.5 Å². The first-order valence-electron chi connectivity index (χ1n) is 5.05. The van der Waals surface area contributed by atoms with Gasteiger partial charge in [0.2, 0.25) is 5.88 Å². The molecule has 0 unspecified atom stereocenters. The Hall–Kier alpha value is -1.94. The van der Waals surface area contributed by atoms with E-state index in [1.165, 1.54) is 0 Å².